The Balaban J connectivity index is 1.39. The summed E-state index contributed by atoms with van der Waals surface area (Å²) in [6, 6.07) is 17.5. The minimum Gasteiger partial charge on any atom is -0.465 e. The number of ether oxygens (including phenoxy) is 2. The molecule has 4 rings (SSSR count). The molecule has 0 N–H and O–H groups in total. The number of halogens is 3. The van der Waals surface area contributed by atoms with E-state index < -0.39 is 23.5 Å². The lowest BCUT2D eigenvalue weighted by atomic mass is 10.1. The van der Waals surface area contributed by atoms with Crippen molar-refractivity contribution in [1.29, 1.82) is 0 Å². The van der Waals surface area contributed by atoms with E-state index in [1.165, 1.54) is 13.2 Å². The highest BCUT2D eigenvalue weighted by atomic mass is 35.5. The third-order valence-corrected chi connectivity index (χ3v) is 6.57. The minimum atomic E-state index is -0.858. The van der Waals surface area contributed by atoms with Crippen molar-refractivity contribution in [3.8, 4) is 0 Å². The van der Waals surface area contributed by atoms with Crippen molar-refractivity contribution in [1.82, 2.24) is 9.80 Å². The molecule has 3 aromatic carbocycles. The summed E-state index contributed by atoms with van der Waals surface area (Å²) in [5, 5.41) is 0.626. The van der Waals surface area contributed by atoms with Crippen LogP contribution in [0.25, 0.3) is 0 Å². The lowest BCUT2D eigenvalue weighted by Crippen LogP contribution is -2.49. The first kappa shape index (κ1) is 26.7. The van der Waals surface area contributed by atoms with Crippen LogP contribution < -0.4 is 0 Å². The van der Waals surface area contributed by atoms with Crippen molar-refractivity contribution >= 4 is 23.5 Å². The molecular formula is C28H27ClF2N2O4. The number of benzene rings is 3. The SMILES string of the molecule is COC(=O)c1ccc(CO[C@H](CN2CCN(C(=O)c3ccc(F)cc3F)CC2)c2ccc(Cl)cc2)cc1. The van der Waals surface area contributed by atoms with E-state index in [1.54, 1.807) is 17.0 Å². The first-order chi connectivity index (χ1) is 17.8. The summed E-state index contributed by atoms with van der Waals surface area (Å²) in [4.78, 5) is 28.2. The van der Waals surface area contributed by atoms with Crippen LogP contribution in [0.4, 0.5) is 8.78 Å². The van der Waals surface area contributed by atoms with E-state index in [2.05, 4.69) is 4.90 Å². The molecule has 9 heteroatoms. The number of methoxy groups -OCH3 is 1. The molecular weight excluding hydrogens is 502 g/mol. The van der Waals surface area contributed by atoms with Crippen LogP contribution in [0.2, 0.25) is 5.02 Å². The average molecular weight is 529 g/mol. The molecule has 37 heavy (non-hydrogen) atoms. The standard InChI is InChI=1S/C28H27ClF2N2O4/c1-36-28(35)21-4-2-19(3-5-21)18-37-26(20-6-8-22(29)9-7-20)17-32-12-14-33(15-13-32)27(34)24-11-10-23(30)16-25(24)31/h2-11,16,26H,12-15,17-18H2,1H3/t26-/m1/s1. The summed E-state index contributed by atoms with van der Waals surface area (Å²) in [6.07, 6.45) is -0.269. The van der Waals surface area contributed by atoms with Gasteiger partial charge < -0.3 is 14.4 Å². The van der Waals surface area contributed by atoms with Crippen LogP contribution in [0.5, 0.6) is 0 Å². The van der Waals surface area contributed by atoms with Crippen LogP contribution >= 0.6 is 11.6 Å². The van der Waals surface area contributed by atoms with E-state index in [1.807, 2.05) is 36.4 Å². The first-order valence-corrected chi connectivity index (χ1v) is 12.2. The lowest BCUT2D eigenvalue weighted by molar-refractivity contribution is 0.00336. The summed E-state index contributed by atoms with van der Waals surface area (Å²) in [5.74, 6) is -2.42. The van der Waals surface area contributed by atoms with Crippen LogP contribution in [0, 0.1) is 11.6 Å². The fourth-order valence-electron chi connectivity index (χ4n) is 4.18. The number of rotatable bonds is 8. The number of nitrogens with zero attached hydrogens (tertiary/aromatic N) is 2. The number of esters is 1. The van der Waals surface area contributed by atoms with Crippen LogP contribution in [-0.2, 0) is 16.1 Å². The predicted octanol–water partition coefficient (Wildman–Crippen LogP) is 5.12. The first-order valence-electron chi connectivity index (χ1n) is 11.8. The molecule has 194 valence electrons. The maximum Gasteiger partial charge on any atom is 0.337 e. The second kappa shape index (κ2) is 12.3. The zero-order chi connectivity index (χ0) is 26.4. The molecule has 0 saturated carbocycles. The highest BCUT2D eigenvalue weighted by Gasteiger charge is 2.26. The monoisotopic (exact) mass is 528 g/mol. The molecule has 0 radical (unpaired) electrons. The molecule has 0 aromatic heterocycles. The predicted molar refractivity (Wildman–Crippen MR) is 135 cm³/mol. The molecule has 0 spiro atoms. The van der Waals surface area contributed by atoms with Gasteiger partial charge >= 0.3 is 5.97 Å². The maximum atomic E-state index is 14.1. The highest BCUT2D eigenvalue weighted by molar-refractivity contribution is 6.30. The molecule has 0 bridgehead atoms. The van der Waals surface area contributed by atoms with Gasteiger partial charge in [-0.05, 0) is 47.5 Å². The Morgan fingerprint density at radius 3 is 2.24 bits per heavy atom. The number of hydrogen-bond donors (Lipinski definition) is 0. The van der Waals surface area contributed by atoms with Crippen LogP contribution in [0.3, 0.4) is 0 Å². The molecule has 1 heterocycles. The van der Waals surface area contributed by atoms with Crippen molar-refractivity contribution in [2.45, 2.75) is 12.7 Å². The normalized spacial score (nSPS) is 14.9. The summed E-state index contributed by atoms with van der Waals surface area (Å²) >= 11 is 6.08. The van der Waals surface area contributed by atoms with E-state index in [4.69, 9.17) is 21.1 Å². The summed E-state index contributed by atoms with van der Waals surface area (Å²) in [6.45, 7) is 2.90. The molecule has 0 unspecified atom stereocenters. The van der Waals surface area contributed by atoms with E-state index in [0.717, 1.165) is 23.3 Å². The molecule has 3 aromatic rings. The molecule has 1 fully saturated rings. The van der Waals surface area contributed by atoms with Crippen molar-refractivity contribution in [2.24, 2.45) is 0 Å². The molecule has 1 atom stereocenters. The topological polar surface area (TPSA) is 59.1 Å². The number of piperazine rings is 1. The summed E-state index contributed by atoms with van der Waals surface area (Å²) in [7, 11) is 1.34. The Morgan fingerprint density at radius 2 is 1.62 bits per heavy atom. The third-order valence-electron chi connectivity index (χ3n) is 6.31. The Kier molecular flexibility index (Phi) is 8.87. The molecule has 1 amide bonds. The third kappa shape index (κ3) is 6.91. The molecule has 1 aliphatic rings. The van der Waals surface area contributed by atoms with Gasteiger partial charge in [-0.2, -0.15) is 0 Å². The minimum absolute atomic E-state index is 0.129. The van der Waals surface area contributed by atoms with E-state index in [9.17, 15) is 18.4 Å². The van der Waals surface area contributed by atoms with Crippen LogP contribution in [-0.4, -0.2) is 61.5 Å². The zero-order valence-corrected chi connectivity index (χ0v) is 21.1. The number of amides is 1. The second-order valence-corrected chi connectivity index (χ2v) is 9.19. The van der Waals surface area contributed by atoms with Crippen molar-refractivity contribution in [3.63, 3.8) is 0 Å². The summed E-state index contributed by atoms with van der Waals surface area (Å²) in [5.41, 5.74) is 2.20. The van der Waals surface area contributed by atoms with Gasteiger partial charge in [0, 0.05) is 43.8 Å². The zero-order valence-electron chi connectivity index (χ0n) is 20.3. The van der Waals surface area contributed by atoms with Gasteiger partial charge in [-0.25, -0.2) is 13.6 Å². The van der Waals surface area contributed by atoms with Gasteiger partial charge in [-0.3, -0.25) is 9.69 Å². The van der Waals surface area contributed by atoms with Gasteiger partial charge in [0.25, 0.3) is 5.91 Å². The number of carbonyl (C=O) groups is 2. The van der Waals surface area contributed by atoms with E-state index >= 15 is 0 Å². The Bertz CT molecular complexity index is 1230. The van der Waals surface area contributed by atoms with Crippen molar-refractivity contribution in [2.75, 3.05) is 39.8 Å². The summed E-state index contributed by atoms with van der Waals surface area (Å²) < 4.78 is 38.3. The Hall–Kier alpha value is -3.33. The van der Waals surface area contributed by atoms with Gasteiger partial charge in [0.05, 0.1) is 30.9 Å². The average Bonchev–Trinajstić information content (AvgIpc) is 2.91. The maximum absolute atomic E-state index is 14.1. The largest absolute Gasteiger partial charge is 0.465 e. The Morgan fingerprint density at radius 1 is 0.946 bits per heavy atom. The van der Waals surface area contributed by atoms with Crippen molar-refractivity contribution < 1.29 is 27.8 Å². The fourth-order valence-corrected chi connectivity index (χ4v) is 4.31. The van der Waals surface area contributed by atoms with Gasteiger partial charge in [-0.1, -0.05) is 35.9 Å². The van der Waals surface area contributed by atoms with Crippen LogP contribution in [0.15, 0.2) is 66.7 Å². The van der Waals surface area contributed by atoms with Gasteiger partial charge in [-0.15, -0.1) is 0 Å². The van der Waals surface area contributed by atoms with E-state index in [0.29, 0.717) is 49.9 Å². The van der Waals surface area contributed by atoms with Gasteiger partial charge in [0.15, 0.2) is 0 Å². The van der Waals surface area contributed by atoms with E-state index in [-0.39, 0.29) is 11.7 Å². The molecule has 1 aliphatic heterocycles. The molecule has 1 saturated heterocycles. The highest BCUT2D eigenvalue weighted by Crippen LogP contribution is 2.24. The van der Waals surface area contributed by atoms with Gasteiger partial charge in [0.2, 0.25) is 0 Å². The smallest absolute Gasteiger partial charge is 0.337 e. The number of hydrogen-bond acceptors (Lipinski definition) is 5. The fraction of sp³-hybridized carbons (Fsp3) is 0.286. The quantitative estimate of drug-likeness (QED) is 0.380. The van der Waals surface area contributed by atoms with Crippen molar-refractivity contribution in [3.05, 3.63) is 106 Å². The number of carbonyl (C=O) groups excluding carboxylic acids is 2. The lowest BCUT2D eigenvalue weighted by Gasteiger charge is -2.36. The second-order valence-electron chi connectivity index (χ2n) is 8.76. The van der Waals surface area contributed by atoms with Crippen LogP contribution in [0.1, 0.15) is 37.9 Å². The molecule has 0 aliphatic carbocycles. The van der Waals surface area contributed by atoms with Gasteiger partial charge in [0.1, 0.15) is 11.6 Å². The Labute approximate surface area is 219 Å². The molecule has 6 nitrogen and oxygen atoms in total.